The van der Waals surface area contributed by atoms with Crippen LogP contribution in [0.3, 0.4) is 0 Å². The van der Waals surface area contributed by atoms with E-state index in [0.717, 1.165) is 34.5 Å². The fourth-order valence-corrected chi connectivity index (χ4v) is 3.09. The predicted octanol–water partition coefficient (Wildman–Crippen LogP) is 3.80. The average molecular weight is 367 g/mol. The zero-order chi connectivity index (χ0) is 19.1. The Bertz CT molecular complexity index is 1160. The van der Waals surface area contributed by atoms with Crippen molar-refractivity contribution in [3.63, 3.8) is 0 Å². The maximum Gasteiger partial charge on any atom is 0.304 e. The lowest BCUT2D eigenvalue weighted by Gasteiger charge is -2.06. The van der Waals surface area contributed by atoms with E-state index in [9.17, 15) is 14.5 Å². The van der Waals surface area contributed by atoms with Crippen molar-refractivity contribution in [1.82, 2.24) is 19.7 Å². The quantitative estimate of drug-likeness (QED) is 0.402. The van der Waals surface area contributed by atoms with E-state index in [0.29, 0.717) is 23.5 Å². The Kier molecular flexibility index (Phi) is 3.91. The van der Waals surface area contributed by atoms with E-state index in [1.54, 1.807) is 12.5 Å². The van der Waals surface area contributed by atoms with Crippen molar-refractivity contribution in [2.45, 2.75) is 20.4 Å². The molecular weight excluding hydrogens is 353 g/mol. The van der Waals surface area contributed by atoms with E-state index in [-0.39, 0.29) is 0 Å². The van der Waals surface area contributed by atoms with Crippen molar-refractivity contribution < 1.29 is 13.8 Å². The van der Waals surface area contributed by atoms with Gasteiger partial charge < -0.3 is 9.09 Å². The summed E-state index contributed by atoms with van der Waals surface area (Å²) < 4.78 is 20.9. The minimum atomic E-state index is -0.864. The molecule has 0 N–H and O–H groups in total. The number of aromatic nitrogens is 4. The smallest absolute Gasteiger partial charge is 0.304 e. The molecule has 0 amide bonds. The third-order valence-electron chi connectivity index (χ3n) is 4.36. The molecule has 27 heavy (non-hydrogen) atoms. The number of imidazole rings is 1. The summed E-state index contributed by atoms with van der Waals surface area (Å²) in [6.07, 6.45) is 3.31. The van der Waals surface area contributed by atoms with E-state index in [4.69, 9.17) is 4.52 Å². The molecule has 0 bridgehead atoms. The Balaban J connectivity index is 1.74. The summed E-state index contributed by atoms with van der Waals surface area (Å²) in [6, 6.07) is 5.77. The molecule has 0 aliphatic carbocycles. The highest BCUT2D eigenvalue weighted by Gasteiger charge is 2.16. The van der Waals surface area contributed by atoms with Crippen molar-refractivity contribution in [2.24, 2.45) is 0 Å². The molecule has 1 aromatic carbocycles. The van der Waals surface area contributed by atoms with Gasteiger partial charge in [-0.15, -0.1) is 0 Å². The summed E-state index contributed by atoms with van der Waals surface area (Å²) in [7, 11) is 0. The second-order valence-electron chi connectivity index (χ2n) is 6.18. The zero-order valence-corrected chi connectivity index (χ0v) is 14.5. The van der Waals surface area contributed by atoms with Gasteiger partial charge in [0.1, 0.15) is 5.76 Å². The number of benzene rings is 1. The first kappa shape index (κ1) is 16.8. The van der Waals surface area contributed by atoms with Crippen LogP contribution in [0.25, 0.3) is 22.3 Å². The first-order valence-electron chi connectivity index (χ1n) is 8.11. The number of rotatable bonds is 4. The maximum atomic E-state index is 13.9. The van der Waals surface area contributed by atoms with Crippen LogP contribution in [0.2, 0.25) is 0 Å². The Morgan fingerprint density at radius 1 is 1.26 bits per heavy atom. The van der Waals surface area contributed by atoms with Gasteiger partial charge in [-0.25, -0.2) is 9.97 Å². The number of hydrogen-bond donors (Lipinski definition) is 0. The van der Waals surface area contributed by atoms with Crippen molar-refractivity contribution in [2.75, 3.05) is 0 Å². The molecule has 3 heterocycles. The predicted molar refractivity (Wildman–Crippen MR) is 94.7 cm³/mol. The molecular formula is C18H14FN5O3. The van der Waals surface area contributed by atoms with Crippen LogP contribution < -0.4 is 0 Å². The molecule has 0 aliphatic heterocycles. The second kappa shape index (κ2) is 6.27. The number of hydrogen-bond acceptors (Lipinski definition) is 6. The fraction of sp³-hybridized carbons (Fsp3) is 0.167. The van der Waals surface area contributed by atoms with E-state index < -0.39 is 16.4 Å². The lowest BCUT2D eigenvalue weighted by Crippen LogP contribution is -2.00. The summed E-state index contributed by atoms with van der Waals surface area (Å²) in [5.41, 5.74) is 3.82. The summed E-state index contributed by atoms with van der Waals surface area (Å²) in [6.45, 7) is 3.99. The monoisotopic (exact) mass is 367 g/mol. The molecule has 0 saturated heterocycles. The van der Waals surface area contributed by atoms with Crippen LogP contribution in [0.15, 0.2) is 41.3 Å². The van der Waals surface area contributed by atoms with Gasteiger partial charge >= 0.3 is 5.69 Å². The van der Waals surface area contributed by atoms with E-state index in [2.05, 4.69) is 15.1 Å². The standard InChI is InChI=1S/C18H14FN5O3/c1-10-17(11(2)27-22-10)13-6-16-18(20-7-13)21-9-23(16)8-12-3-4-15(24(25)26)14(19)5-12/h3-7,9H,8H2,1-2H3. The van der Waals surface area contributed by atoms with Crippen LogP contribution in [-0.2, 0) is 6.54 Å². The summed E-state index contributed by atoms with van der Waals surface area (Å²) in [5, 5.41) is 14.7. The first-order chi connectivity index (χ1) is 12.9. The van der Waals surface area contributed by atoms with Crippen LogP contribution in [0, 0.1) is 29.8 Å². The van der Waals surface area contributed by atoms with Crippen molar-refractivity contribution in [1.29, 1.82) is 0 Å². The summed E-state index contributed by atoms with van der Waals surface area (Å²) in [4.78, 5) is 18.6. The minimum absolute atomic E-state index is 0.304. The van der Waals surface area contributed by atoms with Gasteiger partial charge in [-0.2, -0.15) is 4.39 Å². The molecule has 0 radical (unpaired) electrons. The number of nitrogens with zero attached hydrogens (tertiary/aromatic N) is 5. The normalized spacial score (nSPS) is 11.2. The van der Waals surface area contributed by atoms with Gasteiger partial charge in [-0.1, -0.05) is 11.2 Å². The highest BCUT2D eigenvalue weighted by molar-refractivity contribution is 5.79. The lowest BCUT2D eigenvalue weighted by molar-refractivity contribution is -0.387. The molecule has 8 nitrogen and oxygen atoms in total. The summed E-state index contributed by atoms with van der Waals surface area (Å²) >= 11 is 0. The molecule has 3 aromatic heterocycles. The zero-order valence-electron chi connectivity index (χ0n) is 14.5. The maximum absolute atomic E-state index is 13.9. The molecule has 0 fully saturated rings. The molecule has 0 spiro atoms. The van der Waals surface area contributed by atoms with E-state index in [1.165, 1.54) is 6.07 Å². The molecule has 0 atom stereocenters. The van der Waals surface area contributed by atoms with Crippen molar-refractivity contribution >= 4 is 16.9 Å². The molecule has 136 valence electrons. The lowest BCUT2D eigenvalue weighted by atomic mass is 10.1. The molecule has 0 aliphatic rings. The van der Waals surface area contributed by atoms with Gasteiger partial charge in [-0.05, 0) is 31.5 Å². The molecule has 9 heteroatoms. The second-order valence-corrected chi connectivity index (χ2v) is 6.18. The average Bonchev–Trinajstić information content (AvgIpc) is 3.17. The molecule has 4 aromatic rings. The number of nitro benzene ring substituents is 1. The van der Waals surface area contributed by atoms with Gasteiger partial charge in [-0.3, -0.25) is 10.1 Å². The number of halogens is 1. The Hall–Kier alpha value is -3.62. The number of fused-ring (bicyclic) bond motifs is 1. The fourth-order valence-electron chi connectivity index (χ4n) is 3.09. The third kappa shape index (κ3) is 2.92. The van der Waals surface area contributed by atoms with Crippen LogP contribution in [0.4, 0.5) is 10.1 Å². The SMILES string of the molecule is Cc1noc(C)c1-c1cnc2ncn(Cc3ccc([N+](=O)[O-])c(F)c3)c2c1. The highest BCUT2D eigenvalue weighted by atomic mass is 19.1. The van der Waals surface area contributed by atoms with Gasteiger partial charge in [0, 0.05) is 29.9 Å². The Labute approximate surface area is 152 Å². The van der Waals surface area contributed by atoms with E-state index in [1.807, 2.05) is 24.5 Å². The minimum Gasteiger partial charge on any atom is -0.361 e. The van der Waals surface area contributed by atoms with Crippen LogP contribution >= 0.6 is 0 Å². The van der Waals surface area contributed by atoms with E-state index >= 15 is 0 Å². The molecule has 0 saturated carbocycles. The van der Waals surface area contributed by atoms with Gasteiger partial charge in [0.05, 0.1) is 22.5 Å². The van der Waals surface area contributed by atoms with Gasteiger partial charge in [0.25, 0.3) is 0 Å². The Morgan fingerprint density at radius 2 is 2.07 bits per heavy atom. The number of nitro groups is 1. The molecule has 0 unspecified atom stereocenters. The number of pyridine rings is 1. The number of aryl methyl sites for hydroxylation is 2. The van der Waals surface area contributed by atoms with Gasteiger partial charge in [0.15, 0.2) is 5.65 Å². The molecule has 4 rings (SSSR count). The van der Waals surface area contributed by atoms with Crippen molar-refractivity contribution in [3.8, 4) is 11.1 Å². The first-order valence-corrected chi connectivity index (χ1v) is 8.11. The largest absolute Gasteiger partial charge is 0.361 e. The van der Waals surface area contributed by atoms with Crippen molar-refractivity contribution in [3.05, 3.63) is 69.7 Å². The van der Waals surface area contributed by atoms with Crippen LogP contribution in [0.1, 0.15) is 17.0 Å². The summed E-state index contributed by atoms with van der Waals surface area (Å²) in [5.74, 6) is -0.173. The van der Waals surface area contributed by atoms with Gasteiger partial charge in [0.2, 0.25) is 5.82 Å². The van der Waals surface area contributed by atoms with Crippen LogP contribution in [0.5, 0.6) is 0 Å². The highest BCUT2D eigenvalue weighted by Crippen LogP contribution is 2.28. The topological polar surface area (TPSA) is 99.9 Å². The Morgan fingerprint density at radius 3 is 2.74 bits per heavy atom. The van der Waals surface area contributed by atoms with Crippen LogP contribution in [-0.4, -0.2) is 24.6 Å². The third-order valence-corrected chi connectivity index (χ3v) is 4.36.